The van der Waals surface area contributed by atoms with E-state index in [0.717, 1.165) is 26.0 Å². The van der Waals surface area contributed by atoms with Gasteiger partial charge in [0.1, 0.15) is 0 Å². The summed E-state index contributed by atoms with van der Waals surface area (Å²) in [4.78, 5) is 12.4. The first-order valence-corrected chi connectivity index (χ1v) is 5.17. The molecule has 1 saturated heterocycles. The number of hydrogen-bond donors (Lipinski definition) is 0. The predicted molar refractivity (Wildman–Crippen MR) is 56.3 cm³/mol. The fraction of sp³-hybridized carbons (Fsp3) is 0.545. The molecule has 15 heavy (non-hydrogen) atoms. The molecule has 1 atom stereocenters. The van der Waals surface area contributed by atoms with Crippen LogP contribution in [0.15, 0.2) is 16.5 Å². The number of anilines is 1. The summed E-state index contributed by atoms with van der Waals surface area (Å²) in [5.41, 5.74) is 0. The zero-order chi connectivity index (χ0) is 10.7. The number of likely N-dealkylation sites (N-methyl/N-ethyl adjacent to an activating group) is 1. The van der Waals surface area contributed by atoms with Crippen LogP contribution in [0.25, 0.3) is 0 Å². The molecule has 1 aliphatic heterocycles. The van der Waals surface area contributed by atoms with Crippen LogP contribution >= 0.6 is 0 Å². The van der Waals surface area contributed by atoms with Crippen LogP contribution in [-0.4, -0.2) is 32.6 Å². The van der Waals surface area contributed by atoms with Crippen LogP contribution in [0.5, 0.6) is 0 Å². The Labute approximate surface area is 88.8 Å². The van der Waals surface area contributed by atoms with Crippen molar-refractivity contribution in [2.75, 3.05) is 25.1 Å². The Morgan fingerprint density at radius 2 is 2.47 bits per heavy atom. The van der Waals surface area contributed by atoms with E-state index < -0.39 is 0 Å². The second kappa shape index (κ2) is 4.49. The van der Waals surface area contributed by atoms with Crippen LogP contribution in [0.2, 0.25) is 0 Å². The minimum Gasteiger partial charge on any atom is -0.438 e. The number of rotatable bonds is 4. The van der Waals surface area contributed by atoms with Gasteiger partial charge in [0.2, 0.25) is 0 Å². The second-order valence-electron chi connectivity index (χ2n) is 3.81. The van der Waals surface area contributed by atoms with E-state index in [2.05, 4.69) is 0 Å². The van der Waals surface area contributed by atoms with Gasteiger partial charge >= 0.3 is 0 Å². The van der Waals surface area contributed by atoms with Crippen LogP contribution in [0, 0.1) is 0 Å². The zero-order valence-corrected chi connectivity index (χ0v) is 8.81. The van der Waals surface area contributed by atoms with Gasteiger partial charge in [-0.3, -0.25) is 4.79 Å². The van der Waals surface area contributed by atoms with Crippen molar-refractivity contribution in [2.45, 2.75) is 18.9 Å². The molecule has 2 heterocycles. The second-order valence-corrected chi connectivity index (χ2v) is 3.81. The number of nitrogens with zero attached hydrogens (tertiary/aromatic N) is 1. The number of furan rings is 1. The Morgan fingerprint density at radius 1 is 1.60 bits per heavy atom. The molecule has 0 N–H and O–H groups in total. The maximum absolute atomic E-state index is 10.5. The lowest BCUT2D eigenvalue weighted by Gasteiger charge is -2.19. The number of hydrogen-bond acceptors (Lipinski definition) is 4. The monoisotopic (exact) mass is 209 g/mol. The third-order valence-corrected chi connectivity index (χ3v) is 2.61. The van der Waals surface area contributed by atoms with Gasteiger partial charge in [-0.05, 0) is 18.9 Å². The summed E-state index contributed by atoms with van der Waals surface area (Å²) in [5, 5.41) is 0. The van der Waals surface area contributed by atoms with Gasteiger partial charge in [-0.2, -0.15) is 0 Å². The summed E-state index contributed by atoms with van der Waals surface area (Å²) in [6.45, 7) is 1.67. The third-order valence-electron chi connectivity index (χ3n) is 2.61. The molecule has 0 aliphatic carbocycles. The van der Waals surface area contributed by atoms with Crippen molar-refractivity contribution in [2.24, 2.45) is 0 Å². The number of carbonyl (C=O) groups is 1. The van der Waals surface area contributed by atoms with Crippen molar-refractivity contribution in [3.8, 4) is 0 Å². The first-order valence-electron chi connectivity index (χ1n) is 5.17. The molecule has 2 rings (SSSR count). The van der Waals surface area contributed by atoms with Gasteiger partial charge in [-0.1, -0.05) is 0 Å². The molecule has 82 valence electrons. The Kier molecular flexibility index (Phi) is 3.06. The van der Waals surface area contributed by atoms with E-state index in [1.54, 1.807) is 12.1 Å². The Hall–Kier alpha value is -1.29. The van der Waals surface area contributed by atoms with E-state index >= 15 is 0 Å². The standard InChI is InChI=1S/C11H15NO3/c1-12(7-9-3-2-6-14-9)11-5-4-10(8-13)15-11/h4-5,8-9H,2-3,6-7H2,1H3. The molecule has 1 aromatic heterocycles. The average Bonchev–Trinajstić information content (AvgIpc) is 2.86. The van der Waals surface area contributed by atoms with Gasteiger partial charge in [0.25, 0.3) is 0 Å². The van der Waals surface area contributed by atoms with Crippen molar-refractivity contribution < 1.29 is 13.9 Å². The van der Waals surface area contributed by atoms with E-state index in [4.69, 9.17) is 9.15 Å². The fourth-order valence-electron chi connectivity index (χ4n) is 1.79. The van der Waals surface area contributed by atoms with Crippen molar-refractivity contribution in [3.63, 3.8) is 0 Å². The first kappa shape index (κ1) is 10.2. The summed E-state index contributed by atoms with van der Waals surface area (Å²) in [6, 6.07) is 3.48. The molecule has 4 heteroatoms. The lowest BCUT2D eigenvalue weighted by Crippen LogP contribution is -2.28. The van der Waals surface area contributed by atoms with Gasteiger partial charge in [0, 0.05) is 26.3 Å². The highest BCUT2D eigenvalue weighted by Crippen LogP contribution is 2.19. The molecule has 0 amide bonds. The van der Waals surface area contributed by atoms with E-state index in [0.29, 0.717) is 24.0 Å². The number of carbonyl (C=O) groups excluding carboxylic acids is 1. The van der Waals surface area contributed by atoms with Gasteiger partial charge in [0.05, 0.1) is 6.10 Å². The van der Waals surface area contributed by atoms with E-state index in [1.807, 2.05) is 11.9 Å². The summed E-state index contributed by atoms with van der Waals surface area (Å²) < 4.78 is 10.8. The van der Waals surface area contributed by atoms with E-state index in [1.165, 1.54) is 0 Å². The molecule has 1 unspecified atom stereocenters. The third kappa shape index (κ3) is 2.39. The normalized spacial score (nSPS) is 20.5. The van der Waals surface area contributed by atoms with E-state index in [-0.39, 0.29) is 0 Å². The Balaban J connectivity index is 1.94. The smallest absolute Gasteiger partial charge is 0.196 e. The average molecular weight is 209 g/mol. The molecule has 4 nitrogen and oxygen atoms in total. The summed E-state index contributed by atoms with van der Waals surface area (Å²) in [5.74, 6) is 1.08. The number of aldehydes is 1. The fourth-order valence-corrected chi connectivity index (χ4v) is 1.79. The lowest BCUT2D eigenvalue weighted by atomic mass is 10.2. The van der Waals surface area contributed by atoms with Crippen LogP contribution in [0.4, 0.5) is 5.88 Å². The molecular formula is C11H15NO3. The molecule has 1 fully saturated rings. The number of ether oxygens (including phenoxy) is 1. The predicted octanol–water partition coefficient (Wildman–Crippen LogP) is 1.71. The minimum atomic E-state index is 0.291. The molecule has 0 saturated carbocycles. The SMILES string of the molecule is CN(CC1CCCO1)c1ccc(C=O)o1. The molecule has 0 bridgehead atoms. The van der Waals surface area contributed by atoms with Crippen molar-refractivity contribution in [3.05, 3.63) is 17.9 Å². The summed E-state index contributed by atoms with van der Waals surface area (Å²) >= 11 is 0. The van der Waals surface area contributed by atoms with Gasteiger partial charge < -0.3 is 14.1 Å². The van der Waals surface area contributed by atoms with Crippen molar-refractivity contribution in [1.82, 2.24) is 0 Å². The Bertz CT molecular complexity index is 328. The van der Waals surface area contributed by atoms with Crippen LogP contribution in [-0.2, 0) is 4.74 Å². The molecule has 0 spiro atoms. The highest BCUT2D eigenvalue weighted by molar-refractivity contribution is 5.71. The summed E-state index contributed by atoms with van der Waals surface area (Å²) in [6.07, 6.45) is 3.24. The highest BCUT2D eigenvalue weighted by Gasteiger charge is 2.18. The lowest BCUT2D eigenvalue weighted by molar-refractivity contribution is 0.109. The Morgan fingerprint density at radius 3 is 3.07 bits per heavy atom. The molecule has 0 aromatic carbocycles. The molecule has 0 radical (unpaired) electrons. The van der Waals surface area contributed by atoms with Gasteiger partial charge in [-0.25, -0.2) is 0 Å². The minimum absolute atomic E-state index is 0.291. The zero-order valence-electron chi connectivity index (χ0n) is 8.81. The molecular weight excluding hydrogens is 194 g/mol. The van der Waals surface area contributed by atoms with Crippen LogP contribution < -0.4 is 4.90 Å². The highest BCUT2D eigenvalue weighted by atomic mass is 16.5. The van der Waals surface area contributed by atoms with E-state index in [9.17, 15) is 4.79 Å². The van der Waals surface area contributed by atoms with Crippen molar-refractivity contribution >= 4 is 12.2 Å². The van der Waals surface area contributed by atoms with Gasteiger partial charge in [-0.15, -0.1) is 0 Å². The van der Waals surface area contributed by atoms with Gasteiger partial charge in [0.15, 0.2) is 17.9 Å². The maximum atomic E-state index is 10.5. The molecule has 1 aromatic rings. The topological polar surface area (TPSA) is 42.7 Å². The molecule has 1 aliphatic rings. The van der Waals surface area contributed by atoms with Crippen LogP contribution in [0.3, 0.4) is 0 Å². The quantitative estimate of drug-likeness (QED) is 0.708. The van der Waals surface area contributed by atoms with Crippen LogP contribution in [0.1, 0.15) is 23.4 Å². The first-order chi connectivity index (χ1) is 7.29. The largest absolute Gasteiger partial charge is 0.438 e. The maximum Gasteiger partial charge on any atom is 0.196 e. The summed E-state index contributed by atoms with van der Waals surface area (Å²) in [7, 11) is 1.94. The van der Waals surface area contributed by atoms with Crippen molar-refractivity contribution in [1.29, 1.82) is 0 Å².